The maximum absolute atomic E-state index is 11.5. The Morgan fingerprint density at radius 3 is 2.76 bits per heavy atom. The number of nitriles is 1. The third-order valence-electron chi connectivity index (χ3n) is 2.00. The summed E-state index contributed by atoms with van der Waals surface area (Å²) in [5.74, 6) is -1.15. The Labute approximate surface area is 106 Å². The van der Waals surface area contributed by atoms with E-state index in [-0.39, 0.29) is 28.1 Å². The molecule has 1 aliphatic heterocycles. The number of carbonyl (C=O) groups is 2. The predicted octanol–water partition coefficient (Wildman–Crippen LogP) is 0.283. The monoisotopic (exact) mass is 299 g/mol. The van der Waals surface area contributed by atoms with Gasteiger partial charge in [-0.25, -0.2) is 4.79 Å². The Morgan fingerprint density at radius 1 is 1.65 bits per heavy atom. The topological polar surface area (TPSA) is 91.2 Å². The molecule has 0 aromatic rings. The molecule has 0 unspecified atom stereocenters. The van der Waals surface area contributed by atoms with E-state index in [0.717, 1.165) is 0 Å². The Kier molecular flexibility index (Phi) is 4.29. The zero-order valence-corrected chi connectivity index (χ0v) is 10.8. The first-order chi connectivity index (χ1) is 8.06. The van der Waals surface area contributed by atoms with Gasteiger partial charge in [0.15, 0.2) is 0 Å². The molecule has 1 aliphatic rings. The van der Waals surface area contributed by atoms with Crippen molar-refractivity contribution in [3.8, 4) is 6.07 Å². The van der Waals surface area contributed by atoms with Crippen molar-refractivity contribution in [2.24, 2.45) is 0 Å². The minimum absolute atomic E-state index is 0.0660. The van der Waals surface area contributed by atoms with Crippen LogP contribution in [0.2, 0.25) is 0 Å². The first-order valence-corrected chi connectivity index (χ1v) is 5.56. The number of nitrogens with one attached hydrogen (secondary N) is 2. The van der Waals surface area contributed by atoms with Crippen LogP contribution in [0.1, 0.15) is 6.92 Å². The fourth-order valence-electron chi connectivity index (χ4n) is 1.29. The van der Waals surface area contributed by atoms with Crippen molar-refractivity contribution in [1.29, 1.82) is 5.26 Å². The van der Waals surface area contributed by atoms with Crippen molar-refractivity contribution in [2.75, 3.05) is 13.7 Å². The van der Waals surface area contributed by atoms with E-state index in [9.17, 15) is 9.59 Å². The van der Waals surface area contributed by atoms with Crippen molar-refractivity contribution >= 4 is 27.8 Å². The molecule has 0 fully saturated rings. The summed E-state index contributed by atoms with van der Waals surface area (Å²) in [4.78, 5) is 22.9. The molecule has 0 radical (unpaired) electrons. The lowest BCUT2D eigenvalue weighted by Gasteiger charge is -2.07. The normalized spacial score (nSPS) is 17.4. The van der Waals surface area contributed by atoms with Crippen molar-refractivity contribution in [3.63, 3.8) is 0 Å². The third kappa shape index (κ3) is 2.47. The zero-order chi connectivity index (χ0) is 13.0. The molecular weight excluding hydrogens is 290 g/mol. The van der Waals surface area contributed by atoms with Crippen LogP contribution in [-0.4, -0.2) is 25.5 Å². The number of nitrogens with zero attached hydrogens (tertiary/aromatic N) is 1. The molecule has 17 heavy (non-hydrogen) atoms. The van der Waals surface area contributed by atoms with E-state index in [0.29, 0.717) is 0 Å². The third-order valence-corrected chi connectivity index (χ3v) is 2.72. The van der Waals surface area contributed by atoms with Crippen LogP contribution in [0.4, 0.5) is 0 Å². The Hall–Kier alpha value is -1.81. The number of hydrogen-bond acceptors (Lipinski definition) is 5. The van der Waals surface area contributed by atoms with Crippen molar-refractivity contribution in [1.82, 2.24) is 10.6 Å². The average molecular weight is 300 g/mol. The fraction of sp³-hybridized carbons (Fsp3) is 0.300. The van der Waals surface area contributed by atoms with Gasteiger partial charge in [-0.2, -0.15) is 5.26 Å². The summed E-state index contributed by atoms with van der Waals surface area (Å²) in [6.45, 7) is 1.89. The number of carbonyl (C=O) groups excluding carboxylic acids is 2. The number of rotatable bonds is 3. The van der Waals surface area contributed by atoms with Crippen LogP contribution >= 0.6 is 15.9 Å². The second-order valence-corrected chi connectivity index (χ2v) is 3.77. The second-order valence-electron chi connectivity index (χ2n) is 2.98. The van der Waals surface area contributed by atoms with Crippen LogP contribution in [0, 0.1) is 11.3 Å². The summed E-state index contributed by atoms with van der Waals surface area (Å²) in [5, 5.41) is 13.9. The number of ether oxygens (including phenoxy) is 1. The SMILES string of the molecule is CCOC(=O)/C(Br)=C1\NC(=O)C(C#N)=C1NC. The lowest BCUT2D eigenvalue weighted by Crippen LogP contribution is -2.20. The molecule has 0 aromatic heterocycles. The van der Waals surface area contributed by atoms with Crippen LogP contribution in [0.3, 0.4) is 0 Å². The number of likely N-dealkylation sites (N-methyl/N-ethyl adjacent to an activating group) is 1. The standard InChI is InChI=1S/C10H10BrN3O3/c1-3-17-10(16)6(11)8-7(13-2)5(4-12)9(15)14-8/h13H,3H2,1-2H3,(H,14,15)/b8-6+. The average Bonchev–Trinajstić information content (AvgIpc) is 2.64. The highest BCUT2D eigenvalue weighted by molar-refractivity contribution is 9.12. The summed E-state index contributed by atoms with van der Waals surface area (Å²) >= 11 is 3.04. The molecule has 0 saturated carbocycles. The maximum atomic E-state index is 11.5. The molecule has 0 bridgehead atoms. The smallest absolute Gasteiger partial charge is 0.347 e. The van der Waals surface area contributed by atoms with Gasteiger partial charge in [-0.1, -0.05) is 0 Å². The molecule has 2 N–H and O–H groups in total. The maximum Gasteiger partial charge on any atom is 0.347 e. The van der Waals surface area contributed by atoms with Crippen molar-refractivity contribution in [3.05, 3.63) is 21.4 Å². The Morgan fingerprint density at radius 2 is 2.29 bits per heavy atom. The molecule has 1 rings (SSSR count). The van der Waals surface area contributed by atoms with E-state index in [2.05, 4.69) is 26.6 Å². The van der Waals surface area contributed by atoms with Gasteiger partial charge in [-0.3, -0.25) is 4.79 Å². The Bertz CT molecular complexity index is 474. The van der Waals surface area contributed by atoms with E-state index < -0.39 is 11.9 Å². The summed E-state index contributed by atoms with van der Waals surface area (Å²) < 4.78 is 4.86. The quantitative estimate of drug-likeness (QED) is 0.577. The van der Waals surface area contributed by atoms with Crippen LogP contribution in [0.25, 0.3) is 0 Å². The molecule has 7 heteroatoms. The lowest BCUT2D eigenvalue weighted by atomic mass is 10.2. The van der Waals surface area contributed by atoms with Crippen molar-refractivity contribution in [2.45, 2.75) is 6.92 Å². The van der Waals surface area contributed by atoms with Gasteiger partial charge in [-0.15, -0.1) is 0 Å². The van der Waals surface area contributed by atoms with Gasteiger partial charge in [0, 0.05) is 7.05 Å². The number of esters is 1. The highest BCUT2D eigenvalue weighted by Gasteiger charge is 2.30. The fourth-order valence-corrected chi connectivity index (χ4v) is 1.71. The summed E-state index contributed by atoms with van der Waals surface area (Å²) in [5.41, 5.74) is 0.425. The summed E-state index contributed by atoms with van der Waals surface area (Å²) in [6.07, 6.45) is 0. The van der Waals surface area contributed by atoms with E-state index in [1.165, 1.54) is 0 Å². The molecule has 6 nitrogen and oxygen atoms in total. The Balaban J connectivity index is 3.21. The highest BCUT2D eigenvalue weighted by atomic mass is 79.9. The summed E-state index contributed by atoms with van der Waals surface area (Å²) in [6, 6.07) is 1.77. The van der Waals surface area contributed by atoms with Crippen LogP contribution in [0.5, 0.6) is 0 Å². The zero-order valence-electron chi connectivity index (χ0n) is 9.26. The van der Waals surface area contributed by atoms with E-state index >= 15 is 0 Å². The number of halogens is 1. The van der Waals surface area contributed by atoms with Crippen LogP contribution in [0.15, 0.2) is 21.4 Å². The first kappa shape index (κ1) is 13.3. The highest BCUT2D eigenvalue weighted by Crippen LogP contribution is 2.24. The minimum Gasteiger partial charge on any atom is -0.462 e. The van der Waals surface area contributed by atoms with Gasteiger partial charge < -0.3 is 15.4 Å². The number of amides is 1. The molecule has 0 aromatic carbocycles. The predicted molar refractivity (Wildman–Crippen MR) is 62.4 cm³/mol. The van der Waals surface area contributed by atoms with E-state index in [4.69, 9.17) is 10.00 Å². The van der Waals surface area contributed by atoms with Crippen molar-refractivity contribution < 1.29 is 14.3 Å². The number of hydrogen-bond donors (Lipinski definition) is 2. The van der Waals surface area contributed by atoms with E-state index in [1.807, 2.05) is 0 Å². The molecule has 0 saturated heterocycles. The molecule has 0 atom stereocenters. The molecule has 90 valence electrons. The van der Waals surface area contributed by atoms with Gasteiger partial charge in [0.05, 0.1) is 18.0 Å². The van der Waals surface area contributed by atoms with Gasteiger partial charge in [-0.05, 0) is 22.9 Å². The molecule has 1 heterocycles. The molecular formula is C10H10BrN3O3. The molecule has 0 aliphatic carbocycles. The van der Waals surface area contributed by atoms with Gasteiger partial charge in [0.1, 0.15) is 16.1 Å². The summed E-state index contributed by atoms with van der Waals surface area (Å²) in [7, 11) is 1.55. The molecule has 1 amide bonds. The van der Waals surface area contributed by atoms with Crippen LogP contribution < -0.4 is 10.6 Å². The molecule has 0 spiro atoms. The van der Waals surface area contributed by atoms with Gasteiger partial charge >= 0.3 is 5.97 Å². The van der Waals surface area contributed by atoms with Gasteiger partial charge in [0.25, 0.3) is 5.91 Å². The lowest BCUT2D eigenvalue weighted by molar-refractivity contribution is -0.137. The van der Waals surface area contributed by atoms with Crippen LogP contribution in [-0.2, 0) is 14.3 Å². The second kappa shape index (κ2) is 5.50. The largest absolute Gasteiger partial charge is 0.462 e. The van der Waals surface area contributed by atoms with E-state index in [1.54, 1.807) is 20.0 Å². The first-order valence-electron chi connectivity index (χ1n) is 4.77. The van der Waals surface area contributed by atoms with Gasteiger partial charge in [0.2, 0.25) is 0 Å². The minimum atomic E-state index is -0.602.